The lowest BCUT2D eigenvalue weighted by molar-refractivity contribution is 0.611. The molecule has 0 aliphatic rings. The zero-order chi connectivity index (χ0) is 13.8. The fourth-order valence-corrected chi connectivity index (χ4v) is 2.68. The van der Waals surface area contributed by atoms with Gasteiger partial charge in [0.2, 0.25) is 0 Å². The number of hydrogen-bond acceptors (Lipinski definition) is 0. The molecule has 0 radical (unpaired) electrons. The minimum Gasteiger partial charge on any atom is -0.207 e. The molecular weight excluding hydrogens is 327 g/mol. The van der Waals surface area contributed by atoms with Crippen LogP contribution < -0.4 is 0 Å². The summed E-state index contributed by atoms with van der Waals surface area (Å²) in [6.07, 6.45) is 2.17. The van der Waals surface area contributed by atoms with Crippen LogP contribution in [-0.4, -0.2) is 0 Å². The second kappa shape index (κ2) is 6.53. The molecule has 0 bridgehead atoms. The first-order valence-electron chi connectivity index (χ1n) is 6.29. The SMILES string of the molecule is CCCc1ccc(C(Cl)c2ccc(Br)cc2F)cc1. The van der Waals surface area contributed by atoms with Gasteiger partial charge in [-0.25, -0.2) is 4.39 Å². The molecule has 1 atom stereocenters. The zero-order valence-corrected chi connectivity index (χ0v) is 13.0. The third-order valence-electron chi connectivity index (χ3n) is 3.05. The normalized spacial score (nSPS) is 12.4. The van der Waals surface area contributed by atoms with Crippen LogP contribution in [0.5, 0.6) is 0 Å². The Kier molecular flexibility index (Phi) is 5.00. The number of hydrogen-bond donors (Lipinski definition) is 0. The lowest BCUT2D eigenvalue weighted by Crippen LogP contribution is -1.97. The highest BCUT2D eigenvalue weighted by molar-refractivity contribution is 9.10. The highest BCUT2D eigenvalue weighted by Gasteiger charge is 2.15. The first-order chi connectivity index (χ1) is 9.11. The van der Waals surface area contributed by atoms with Gasteiger partial charge in [0.15, 0.2) is 0 Å². The maximum atomic E-state index is 13.9. The predicted molar refractivity (Wildman–Crippen MR) is 82.2 cm³/mol. The Bertz CT molecular complexity index is 551. The summed E-state index contributed by atoms with van der Waals surface area (Å²) < 4.78 is 14.6. The van der Waals surface area contributed by atoms with Crippen molar-refractivity contribution in [2.24, 2.45) is 0 Å². The summed E-state index contributed by atoms with van der Waals surface area (Å²) in [7, 11) is 0. The molecule has 0 N–H and O–H groups in total. The summed E-state index contributed by atoms with van der Waals surface area (Å²) in [6, 6.07) is 13.0. The number of halogens is 3. The molecule has 100 valence electrons. The fourth-order valence-electron chi connectivity index (χ4n) is 2.03. The average molecular weight is 342 g/mol. The Labute approximate surface area is 126 Å². The van der Waals surface area contributed by atoms with E-state index in [1.165, 1.54) is 11.6 Å². The van der Waals surface area contributed by atoms with E-state index in [1.807, 2.05) is 12.1 Å². The minimum atomic E-state index is -0.455. The Balaban J connectivity index is 2.25. The van der Waals surface area contributed by atoms with E-state index in [9.17, 15) is 4.39 Å². The van der Waals surface area contributed by atoms with Gasteiger partial charge >= 0.3 is 0 Å². The third-order valence-corrected chi connectivity index (χ3v) is 4.03. The van der Waals surface area contributed by atoms with Crippen LogP contribution in [0.2, 0.25) is 0 Å². The van der Waals surface area contributed by atoms with Crippen LogP contribution in [0.25, 0.3) is 0 Å². The number of rotatable bonds is 4. The summed E-state index contributed by atoms with van der Waals surface area (Å²) >= 11 is 9.61. The zero-order valence-electron chi connectivity index (χ0n) is 10.7. The quantitative estimate of drug-likeness (QED) is 0.610. The van der Waals surface area contributed by atoms with E-state index in [-0.39, 0.29) is 5.82 Å². The summed E-state index contributed by atoms with van der Waals surface area (Å²) in [4.78, 5) is 0. The second-order valence-electron chi connectivity index (χ2n) is 4.52. The van der Waals surface area contributed by atoms with Crippen molar-refractivity contribution in [1.29, 1.82) is 0 Å². The molecule has 0 saturated heterocycles. The highest BCUT2D eigenvalue weighted by atomic mass is 79.9. The van der Waals surface area contributed by atoms with Gasteiger partial charge in [-0.15, -0.1) is 11.6 Å². The molecule has 2 rings (SSSR count). The molecule has 0 saturated carbocycles. The van der Waals surface area contributed by atoms with Crippen molar-refractivity contribution in [1.82, 2.24) is 0 Å². The van der Waals surface area contributed by atoms with Crippen molar-refractivity contribution in [2.45, 2.75) is 25.1 Å². The van der Waals surface area contributed by atoms with E-state index in [0.717, 1.165) is 22.9 Å². The van der Waals surface area contributed by atoms with Gasteiger partial charge in [0, 0.05) is 10.0 Å². The summed E-state index contributed by atoms with van der Waals surface area (Å²) in [5, 5.41) is -0.455. The van der Waals surface area contributed by atoms with E-state index < -0.39 is 5.38 Å². The van der Waals surface area contributed by atoms with Crippen LogP contribution in [0.15, 0.2) is 46.9 Å². The van der Waals surface area contributed by atoms with Gasteiger partial charge in [-0.3, -0.25) is 0 Å². The summed E-state index contributed by atoms with van der Waals surface area (Å²) in [5.41, 5.74) is 2.71. The Morgan fingerprint density at radius 1 is 1.16 bits per heavy atom. The first kappa shape index (κ1) is 14.5. The molecule has 0 amide bonds. The Hall–Kier alpha value is -0.860. The van der Waals surface area contributed by atoms with E-state index in [0.29, 0.717) is 5.56 Å². The average Bonchev–Trinajstić information content (AvgIpc) is 2.39. The maximum absolute atomic E-state index is 13.9. The van der Waals surface area contributed by atoms with Gasteiger partial charge in [-0.1, -0.05) is 59.6 Å². The number of benzene rings is 2. The summed E-state index contributed by atoms with van der Waals surface area (Å²) in [6.45, 7) is 2.15. The number of alkyl halides is 1. The van der Waals surface area contributed by atoms with Gasteiger partial charge in [-0.2, -0.15) is 0 Å². The van der Waals surface area contributed by atoms with Crippen molar-refractivity contribution in [2.75, 3.05) is 0 Å². The monoisotopic (exact) mass is 340 g/mol. The lowest BCUT2D eigenvalue weighted by Gasteiger charge is -2.12. The Morgan fingerprint density at radius 3 is 2.42 bits per heavy atom. The topological polar surface area (TPSA) is 0 Å². The lowest BCUT2D eigenvalue weighted by atomic mass is 10.0. The van der Waals surface area contributed by atoms with Crippen LogP contribution >= 0.6 is 27.5 Å². The molecule has 2 aromatic rings. The molecule has 0 aliphatic heterocycles. The van der Waals surface area contributed by atoms with Crippen molar-refractivity contribution in [3.8, 4) is 0 Å². The standard InChI is InChI=1S/C16H15BrClF/c1-2-3-11-4-6-12(7-5-11)16(18)14-9-8-13(17)10-15(14)19/h4-10,16H,2-3H2,1H3. The van der Waals surface area contributed by atoms with Crippen LogP contribution in [0.1, 0.15) is 35.4 Å². The molecule has 2 aromatic carbocycles. The van der Waals surface area contributed by atoms with Gasteiger partial charge in [0.25, 0.3) is 0 Å². The second-order valence-corrected chi connectivity index (χ2v) is 5.87. The summed E-state index contributed by atoms with van der Waals surface area (Å²) in [5.74, 6) is -0.285. The minimum absolute atomic E-state index is 0.285. The molecule has 0 nitrogen and oxygen atoms in total. The van der Waals surface area contributed by atoms with E-state index in [4.69, 9.17) is 11.6 Å². The van der Waals surface area contributed by atoms with Gasteiger partial charge in [0.1, 0.15) is 5.82 Å². The van der Waals surface area contributed by atoms with E-state index in [2.05, 4.69) is 35.0 Å². The maximum Gasteiger partial charge on any atom is 0.129 e. The van der Waals surface area contributed by atoms with Crippen molar-refractivity contribution in [3.63, 3.8) is 0 Å². The molecule has 0 heterocycles. The van der Waals surface area contributed by atoms with Crippen LogP contribution in [0, 0.1) is 5.82 Å². The van der Waals surface area contributed by atoms with Crippen molar-refractivity contribution in [3.05, 3.63) is 69.4 Å². The van der Waals surface area contributed by atoms with Crippen molar-refractivity contribution < 1.29 is 4.39 Å². The molecule has 0 spiro atoms. The van der Waals surface area contributed by atoms with E-state index in [1.54, 1.807) is 12.1 Å². The van der Waals surface area contributed by atoms with Gasteiger partial charge in [0.05, 0.1) is 5.38 Å². The fraction of sp³-hybridized carbons (Fsp3) is 0.250. The molecular formula is C16H15BrClF. The Morgan fingerprint density at radius 2 is 1.84 bits per heavy atom. The molecule has 0 aliphatic carbocycles. The van der Waals surface area contributed by atoms with Crippen LogP contribution in [-0.2, 0) is 6.42 Å². The first-order valence-corrected chi connectivity index (χ1v) is 7.52. The largest absolute Gasteiger partial charge is 0.207 e. The van der Waals surface area contributed by atoms with Gasteiger partial charge < -0.3 is 0 Å². The highest BCUT2D eigenvalue weighted by Crippen LogP contribution is 2.31. The molecule has 19 heavy (non-hydrogen) atoms. The van der Waals surface area contributed by atoms with E-state index >= 15 is 0 Å². The van der Waals surface area contributed by atoms with Crippen LogP contribution in [0.4, 0.5) is 4.39 Å². The number of aryl methyl sites for hydroxylation is 1. The predicted octanol–water partition coefficient (Wildman–Crippen LogP) is 5.87. The third kappa shape index (κ3) is 3.58. The smallest absolute Gasteiger partial charge is 0.129 e. The molecule has 0 aromatic heterocycles. The molecule has 1 unspecified atom stereocenters. The molecule has 3 heteroatoms. The van der Waals surface area contributed by atoms with Crippen molar-refractivity contribution >= 4 is 27.5 Å². The van der Waals surface area contributed by atoms with Gasteiger partial charge in [-0.05, 0) is 29.7 Å². The van der Waals surface area contributed by atoms with Crippen LogP contribution in [0.3, 0.4) is 0 Å². The molecule has 0 fully saturated rings.